The molecule has 1 heterocycles. The molecule has 1 aromatic heterocycles. The first-order valence-corrected chi connectivity index (χ1v) is 6.01. The van der Waals surface area contributed by atoms with Gasteiger partial charge in [-0.15, -0.1) is 0 Å². The Labute approximate surface area is 110 Å². The highest BCUT2D eigenvalue weighted by atomic mass is 19.1. The first-order chi connectivity index (χ1) is 9.28. The summed E-state index contributed by atoms with van der Waals surface area (Å²) in [5.74, 6) is -0.235. The predicted molar refractivity (Wildman–Crippen MR) is 73.0 cm³/mol. The van der Waals surface area contributed by atoms with Crippen molar-refractivity contribution in [2.45, 2.75) is 6.42 Å². The Hall–Kier alpha value is -2.60. The molecule has 19 heavy (non-hydrogen) atoms. The molecule has 3 rings (SSSR count). The normalized spacial score (nSPS) is 10.5. The third kappa shape index (κ3) is 2.09. The van der Waals surface area contributed by atoms with Crippen LogP contribution in [0, 0.1) is 17.1 Å². The number of rotatable bonds is 2. The summed E-state index contributed by atoms with van der Waals surface area (Å²) in [6.07, 6.45) is 2.26. The zero-order chi connectivity index (χ0) is 13.2. The molecule has 3 aromatic rings. The number of nitrogens with one attached hydrogen (secondary N) is 1. The zero-order valence-corrected chi connectivity index (χ0v) is 10.2. The van der Waals surface area contributed by atoms with Crippen molar-refractivity contribution in [1.82, 2.24) is 4.98 Å². The number of aromatic amines is 1. The molecule has 0 unspecified atom stereocenters. The average molecular weight is 250 g/mol. The van der Waals surface area contributed by atoms with Crippen molar-refractivity contribution >= 4 is 10.9 Å². The second-order valence-electron chi connectivity index (χ2n) is 4.42. The molecule has 92 valence electrons. The van der Waals surface area contributed by atoms with E-state index in [1.807, 2.05) is 24.4 Å². The van der Waals surface area contributed by atoms with Crippen LogP contribution in [0.5, 0.6) is 0 Å². The molecular formula is C16H11FN2. The fourth-order valence-corrected chi connectivity index (χ4v) is 2.24. The number of hydrogen-bond acceptors (Lipinski definition) is 1. The summed E-state index contributed by atoms with van der Waals surface area (Å²) in [6, 6.07) is 14.6. The lowest BCUT2D eigenvalue weighted by atomic mass is 10.0. The van der Waals surface area contributed by atoms with Crippen molar-refractivity contribution in [2.24, 2.45) is 0 Å². The molecule has 2 aromatic carbocycles. The maximum Gasteiger partial charge on any atom is 0.123 e. The minimum Gasteiger partial charge on any atom is -0.361 e. The van der Waals surface area contributed by atoms with E-state index in [2.05, 4.69) is 11.1 Å². The van der Waals surface area contributed by atoms with Gasteiger partial charge in [-0.1, -0.05) is 24.3 Å². The summed E-state index contributed by atoms with van der Waals surface area (Å²) in [4.78, 5) is 3.17. The van der Waals surface area contributed by atoms with E-state index in [0.29, 0.717) is 6.42 Å². The molecule has 1 N–H and O–H groups in total. The van der Waals surface area contributed by atoms with Crippen molar-refractivity contribution in [2.75, 3.05) is 0 Å². The first kappa shape index (κ1) is 11.5. The number of halogens is 1. The summed E-state index contributed by atoms with van der Waals surface area (Å²) in [5.41, 5.74) is 3.99. The van der Waals surface area contributed by atoms with Crippen molar-refractivity contribution in [3.05, 3.63) is 60.0 Å². The zero-order valence-electron chi connectivity index (χ0n) is 10.2. The fraction of sp³-hybridized carbons (Fsp3) is 0.0625. The van der Waals surface area contributed by atoms with Gasteiger partial charge in [0, 0.05) is 17.1 Å². The van der Waals surface area contributed by atoms with Gasteiger partial charge in [0.25, 0.3) is 0 Å². The molecule has 0 aliphatic rings. The van der Waals surface area contributed by atoms with Crippen molar-refractivity contribution in [3.8, 4) is 17.2 Å². The lowest BCUT2D eigenvalue weighted by Crippen LogP contribution is -1.81. The highest BCUT2D eigenvalue weighted by molar-refractivity contribution is 5.87. The molecule has 3 heteroatoms. The fourth-order valence-electron chi connectivity index (χ4n) is 2.24. The number of benzene rings is 2. The van der Waals surface area contributed by atoms with E-state index < -0.39 is 0 Å². The molecule has 0 saturated carbocycles. The van der Waals surface area contributed by atoms with Crippen LogP contribution in [0.25, 0.3) is 22.0 Å². The monoisotopic (exact) mass is 250 g/mol. The van der Waals surface area contributed by atoms with Crippen LogP contribution in [-0.4, -0.2) is 4.98 Å². The van der Waals surface area contributed by atoms with Gasteiger partial charge in [-0.3, -0.25) is 0 Å². The Morgan fingerprint density at radius 3 is 2.53 bits per heavy atom. The van der Waals surface area contributed by atoms with Crippen LogP contribution in [0.1, 0.15) is 5.56 Å². The van der Waals surface area contributed by atoms with Gasteiger partial charge in [0.1, 0.15) is 5.82 Å². The molecule has 0 atom stereocenters. The molecule has 0 spiro atoms. The third-order valence-electron chi connectivity index (χ3n) is 3.21. The second-order valence-corrected chi connectivity index (χ2v) is 4.42. The van der Waals surface area contributed by atoms with Crippen molar-refractivity contribution in [1.29, 1.82) is 5.26 Å². The molecular weight excluding hydrogens is 239 g/mol. The topological polar surface area (TPSA) is 39.6 Å². The van der Waals surface area contributed by atoms with Gasteiger partial charge in [0.15, 0.2) is 0 Å². The predicted octanol–water partition coefficient (Wildman–Crippen LogP) is 4.04. The Kier molecular flexibility index (Phi) is 2.77. The SMILES string of the molecule is N#CCc1c[nH]c2cc(-c3ccc(F)cc3)ccc12. The van der Waals surface area contributed by atoms with E-state index in [0.717, 1.165) is 27.6 Å². The summed E-state index contributed by atoms with van der Waals surface area (Å²) >= 11 is 0. The van der Waals surface area contributed by atoms with Crippen LogP contribution in [0.3, 0.4) is 0 Å². The van der Waals surface area contributed by atoms with Gasteiger partial charge in [0.2, 0.25) is 0 Å². The van der Waals surface area contributed by atoms with Crippen LogP contribution < -0.4 is 0 Å². The number of hydrogen-bond donors (Lipinski definition) is 1. The lowest BCUT2D eigenvalue weighted by molar-refractivity contribution is 0.628. The third-order valence-corrected chi connectivity index (χ3v) is 3.21. The molecule has 0 radical (unpaired) electrons. The Bertz CT molecular complexity index is 764. The van der Waals surface area contributed by atoms with Crippen LogP contribution in [0.15, 0.2) is 48.7 Å². The van der Waals surface area contributed by atoms with Gasteiger partial charge in [0.05, 0.1) is 12.5 Å². The highest BCUT2D eigenvalue weighted by Crippen LogP contribution is 2.26. The minimum absolute atomic E-state index is 0.235. The summed E-state index contributed by atoms with van der Waals surface area (Å²) in [7, 11) is 0. The highest BCUT2D eigenvalue weighted by Gasteiger charge is 2.05. The van der Waals surface area contributed by atoms with Crippen LogP contribution in [0.4, 0.5) is 4.39 Å². The number of H-pyrrole nitrogens is 1. The summed E-state index contributed by atoms with van der Waals surface area (Å²) < 4.78 is 12.9. The molecule has 0 fully saturated rings. The van der Waals surface area contributed by atoms with E-state index in [9.17, 15) is 4.39 Å². The molecule has 0 aliphatic carbocycles. The van der Waals surface area contributed by atoms with E-state index in [1.54, 1.807) is 12.1 Å². The number of fused-ring (bicyclic) bond motifs is 1. The van der Waals surface area contributed by atoms with Crippen LogP contribution >= 0.6 is 0 Å². The van der Waals surface area contributed by atoms with Gasteiger partial charge in [-0.2, -0.15) is 5.26 Å². The van der Waals surface area contributed by atoms with E-state index in [4.69, 9.17) is 5.26 Å². The van der Waals surface area contributed by atoms with Crippen molar-refractivity contribution < 1.29 is 4.39 Å². The van der Waals surface area contributed by atoms with Gasteiger partial charge in [-0.05, 0) is 34.9 Å². The van der Waals surface area contributed by atoms with E-state index >= 15 is 0 Å². The Morgan fingerprint density at radius 1 is 1.05 bits per heavy atom. The molecule has 0 amide bonds. The van der Waals surface area contributed by atoms with E-state index in [1.165, 1.54) is 12.1 Å². The van der Waals surface area contributed by atoms with Crippen LogP contribution in [-0.2, 0) is 6.42 Å². The maximum atomic E-state index is 12.9. The molecule has 0 aliphatic heterocycles. The van der Waals surface area contributed by atoms with E-state index in [-0.39, 0.29) is 5.82 Å². The number of aromatic nitrogens is 1. The smallest absolute Gasteiger partial charge is 0.123 e. The van der Waals surface area contributed by atoms with Gasteiger partial charge >= 0.3 is 0 Å². The van der Waals surface area contributed by atoms with Crippen molar-refractivity contribution in [3.63, 3.8) is 0 Å². The first-order valence-electron chi connectivity index (χ1n) is 6.01. The molecule has 2 nitrogen and oxygen atoms in total. The quantitative estimate of drug-likeness (QED) is 0.732. The Balaban J connectivity index is 2.07. The molecule has 0 bridgehead atoms. The summed E-state index contributed by atoms with van der Waals surface area (Å²) in [6.45, 7) is 0. The van der Waals surface area contributed by atoms with Gasteiger partial charge in [-0.25, -0.2) is 4.39 Å². The minimum atomic E-state index is -0.235. The molecule has 0 saturated heterocycles. The summed E-state index contributed by atoms with van der Waals surface area (Å²) in [5, 5.41) is 9.82. The largest absolute Gasteiger partial charge is 0.361 e. The van der Waals surface area contributed by atoms with Gasteiger partial charge < -0.3 is 4.98 Å². The number of nitriles is 1. The Morgan fingerprint density at radius 2 is 1.79 bits per heavy atom. The lowest BCUT2D eigenvalue weighted by Gasteiger charge is -2.02. The number of nitrogens with zero attached hydrogens (tertiary/aromatic N) is 1. The standard InChI is InChI=1S/C16H11FN2/c17-14-4-1-11(2-5-14)12-3-6-15-13(7-8-18)10-19-16(15)9-12/h1-6,9-10,19H,7H2. The second kappa shape index (κ2) is 4.58. The van der Waals surface area contributed by atoms with Crippen LogP contribution in [0.2, 0.25) is 0 Å². The average Bonchev–Trinajstić information content (AvgIpc) is 2.83. The maximum absolute atomic E-state index is 12.9.